The summed E-state index contributed by atoms with van der Waals surface area (Å²) in [5, 5.41) is 12.1. The number of nitrogens with one attached hydrogen (secondary N) is 1. The van der Waals surface area contributed by atoms with Gasteiger partial charge in [-0.05, 0) is 25.3 Å². The lowest BCUT2D eigenvalue weighted by atomic mass is 9.88. The molecule has 100 valence electrons. The molecule has 1 aliphatic rings. The minimum Gasteiger partial charge on any atom is -0.336 e. The normalized spacial score (nSPS) is 17.5. The first kappa shape index (κ1) is 13.6. The van der Waals surface area contributed by atoms with Crippen LogP contribution in [0.1, 0.15) is 49.3 Å². The highest BCUT2D eigenvalue weighted by molar-refractivity contribution is 5.79. The van der Waals surface area contributed by atoms with E-state index in [0.717, 1.165) is 36.8 Å². The van der Waals surface area contributed by atoms with Crippen molar-refractivity contribution >= 4 is 5.91 Å². The first-order chi connectivity index (χ1) is 9.20. The molecule has 0 spiro atoms. The number of carbonyl (C=O) groups excluding carboxylic acids is 1. The highest BCUT2D eigenvalue weighted by atomic mass is 16.1. The minimum atomic E-state index is -0.533. The zero-order chi connectivity index (χ0) is 13.7. The Morgan fingerprint density at radius 1 is 1.37 bits per heavy atom. The molecular weight excluding hydrogens is 236 g/mol. The van der Waals surface area contributed by atoms with Crippen LogP contribution in [-0.4, -0.2) is 5.91 Å². The number of amides is 1. The maximum Gasteiger partial charge on any atom is 0.224 e. The number of benzene rings is 1. The van der Waals surface area contributed by atoms with Gasteiger partial charge in [-0.2, -0.15) is 5.26 Å². The van der Waals surface area contributed by atoms with Gasteiger partial charge in [0.1, 0.15) is 6.04 Å². The van der Waals surface area contributed by atoms with Crippen molar-refractivity contribution < 1.29 is 4.79 Å². The van der Waals surface area contributed by atoms with E-state index in [4.69, 9.17) is 0 Å². The SMILES string of the molecule is Cc1cccc(C(C#N)NC(=O)C2CCCCC2)c1. The molecule has 0 aliphatic heterocycles. The molecule has 19 heavy (non-hydrogen) atoms. The third-order valence-electron chi connectivity index (χ3n) is 3.77. The molecule has 1 amide bonds. The summed E-state index contributed by atoms with van der Waals surface area (Å²) >= 11 is 0. The van der Waals surface area contributed by atoms with Crippen molar-refractivity contribution in [2.45, 2.75) is 45.1 Å². The van der Waals surface area contributed by atoms with Crippen molar-refractivity contribution in [3.8, 4) is 6.07 Å². The molecule has 1 fully saturated rings. The largest absolute Gasteiger partial charge is 0.336 e. The van der Waals surface area contributed by atoms with Gasteiger partial charge in [-0.1, -0.05) is 49.1 Å². The first-order valence-corrected chi connectivity index (χ1v) is 6.97. The van der Waals surface area contributed by atoms with Crippen molar-refractivity contribution in [2.75, 3.05) is 0 Å². The predicted molar refractivity (Wildman–Crippen MR) is 74.3 cm³/mol. The monoisotopic (exact) mass is 256 g/mol. The van der Waals surface area contributed by atoms with E-state index in [1.807, 2.05) is 31.2 Å². The van der Waals surface area contributed by atoms with E-state index in [-0.39, 0.29) is 11.8 Å². The second kappa shape index (κ2) is 6.38. The highest BCUT2D eigenvalue weighted by Crippen LogP contribution is 2.24. The van der Waals surface area contributed by atoms with Crippen LogP contribution >= 0.6 is 0 Å². The molecule has 0 bridgehead atoms. The summed E-state index contributed by atoms with van der Waals surface area (Å²) in [5.74, 6) is 0.127. The highest BCUT2D eigenvalue weighted by Gasteiger charge is 2.23. The Labute approximate surface area is 114 Å². The lowest BCUT2D eigenvalue weighted by molar-refractivity contribution is -0.126. The van der Waals surface area contributed by atoms with Crippen molar-refractivity contribution in [3.05, 3.63) is 35.4 Å². The van der Waals surface area contributed by atoms with Gasteiger partial charge in [0.05, 0.1) is 6.07 Å². The number of nitrogens with zero attached hydrogens (tertiary/aromatic N) is 1. The topological polar surface area (TPSA) is 52.9 Å². The average molecular weight is 256 g/mol. The number of nitriles is 1. The van der Waals surface area contributed by atoms with E-state index in [2.05, 4.69) is 11.4 Å². The summed E-state index contributed by atoms with van der Waals surface area (Å²) < 4.78 is 0. The van der Waals surface area contributed by atoms with Gasteiger partial charge < -0.3 is 5.32 Å². The fourth-order valence-corrected chi connectivity index (χ4v) is 2.66. The van der Waals surface area contributed by atoms with Crippen molar-refractivity contribution in [3.63, 3.8) is 0 Å². The van der Waals surface area contributed by atoms with Gasteiger partial charge in [-0.3, -0.25) is 4.79 Å². The molecule has 1 aromatic carbocycles. The Kier molecular flexibility index (Phi) is 4.57. The van der Waals surface area contributed by atoms with Gasteiger partial charge >= 0.3 is 0 Å². The number of aryl methyl sites for hydroxylation is 1. The molecule has 1 saturated carbocycles. The van der Waals surface area contributed by atoms with E-state index < -0.39 is 6.04 Å². The second-order valence-electron chi connectivity index (χ2n) is 5.32. The number of rotatable bonds is 3. The van der Waals surface area contributed by atoms with Crippen LogP contribution in [0, 0.1) is 24.2 Å². The summed E-state index contributed by atoms with van der Waals surface area (Å²) in [5.41, 5.74) is 1.97. The fraction of sp³-hybridized carbons (Fsp3) is 0.500. The summed E-state index contributed by atoms with van der Waals surface area (Å²) in [4.78, 5) is 12.2. The average Bonchev–Trinajstić information content (AvgIpc) is 2.45. The zero-order valence-corrected chi connectivity index (χ0v) is 11.4. The van der Waals surface area contributed by atoms with Crippen molar-refractivity contribution in [2.24, 2.45) is 5.92 Å². The summed E-state index contributed by atoms with van der Waals surface area (Å²) in [6.07, 6.45) is 5.39. The fourth-order valence-electron chi connectivity index (χ4n) is 2.66. The number of hydrogen-bond acceptors (Lipinski definition) is 2. The van der Waals surface area contributed by atoms with Gasteiger partial charge in [0, 0.05) is 5.92 Å². The van der Waals surface area contributed by atoms with Gasteiger partial charge in [0.25, 0.3) is 0 Å². The first-order valence-electron chi connectivity index (χ1n) is 6.97. The smallest absolute Gasteiger partial charge is 0.224 e. The molecule has 1 N–H and O–H groups in total. The molecule has 1 aromatic rings. The summed E-state index contributed by atoms with van der Waals surface area (Å²) in [6.45, 7) is 1.99. The Hall–Kier alpha value is -1.82. The molecule has 0 radical (unpaired) electrons. The Bertz CT molecular complexity index is 484. The maximum absolute atomic E-state index is 12.2. The molecule has 0 heterocycles. The van der Waals surface area contributed by atoms with Gasteiger partial charge in [-0.25, -0.2) is 0 Å². The lowest BCUT2D eigenvalue weighted by Gasteiger charge is -2.22. The van der Waals surface area contributed by atoms with Crippen LogP contribution < -0.4 is 5.32 Å². The quantitative estimate of drug-likeness (QED) is 0.902. The minimum absolute atomic E-state index is 0.0350. The van der Waals surface area contributed by atoms with Crippen molar-refractivity contribution in [1.29, 1.82) is 5.26 Å². The van der Waals surface area contributed by atoms with Gasteiger partial charge in [-0.15, -0.1) is 0 Å². The lowest BCUT2D eigenvalue weighted by Crippen LogP contribution is -2.34. The van der Waals surface area contributed by atoms with E-state index in [1.165, 1.54) is 6.42 Å². The van der Waals surface area contributed by atoms with Crippen LogP contribution in [0.4, 0.5) is 0 Å². The van der Waals surface area contributed by atoms with E-state index >= 15 is 0 Å². The molecule has 2 rings (SSSR count). The molecule has 1 aliphatic carbocycles. The summed E-state index contributed by atoms with van der Waals surface area (Å²) in [7, 11) is 0. The molecule has 3 nitrogen and oxygen atoms in total. The summed E-state index contributed by atoms with van der Waals surface area (Å²) in [6, 6.07) is 9.40. The zero-order valence-electron chi connectivity index (χ0n) is 11.4. The second-order valence-corrected chi connectivity index (χ2v) is 5.32. The van der Waals surface area contributed by atoms with Crippen molar-refractivity contribution in [1.82, 2.24) is 5.32 Å². The third-order valence-corrected chi connectivity index (χ3v) is 3.77. The Morgan fingerprint density at radius 2 is 2.11 bits per heavy atom. The molecular formula is C16H20N2O. The van der Waals surface area contributed by atoms with Crippen LogP contribution in [0.5, 0.6) is 0 Å². The Morgan fingerprint density at radius 3 is 2.74 bits per heavy atom. The molecule has 0 saturated heterocycles. The van der Waals surface area contributed by atoms with E-state index in [0.29, 0.717) is 0 Å². The van der Waals surface area contributed by atoms with Crippen LogP contribution in [0.15, 0.2) is 24.3 Å². The van der Waals surface area contributed by atoms with Crippen LogP contribution in [0.25, 0.3) is 0 Å². The van der Waals surface area contributed by atoms with Crippen LogP contribution in [0.2, 0.25) is 0 Å². The third kappa shape index (κ3) is 3.57. The van der Waals surface area contributed by atoms with Gasteiger partial charge in [0.2, 0.25) is 5.91 Å². The Balaban J connectivity index is 2.03. The molecule has 1 unspecified atom stereocenters. The number of carbonyl (C=O) groups is 1. The number of hydrogen-bond donors (Lipinski definition) is 1. The van der Waals surface area contributed by atoms with Crippen LogP contribution in [-0.2, 0) is 4.79 Å². The van der Waals surface area contributed by atoms with Crippen LogP contribution in [0.3, 0.4) is 0 Å². The van der Waals surface area contributed by atoms with E-state index in [9.17, 15) is 10.1 Å². The maximum atomic E-state index is 12.2. The molecule has 0 aromatic heterocycles. The standard InChI is InChI=1S/C16H20N2O/c1-12-6-5-9-14(10-12)15(11-17)18-16(19)13-7-3-2-4-8-13/h5-6,9-10,13,15H,2-4,7-8H2,1H3,(H,18,19). The molecule has 1 atom stereocenters. The van der Waals surface area contributed by atoms with Gasteiger partial charge in [0.15, 0.2) is 0 Å². The molecule has 3 heteroatoms. The van der Waals surface area contributed by atoms with E-state index in [1.54, 1.807) is 0 Å². The predicted octanol–water partition coefficient (Wildman–Crippen LogP) is 3.26.